The second kappa shape index (κ2) is 8.31. The lowest BCUT2D eigenvalue weighted by atomic mass is 10.1. The fourth-order valence-electron chi connectivity index (χ4n) is 3.33. The molecule has 0 spiro atoms. The molecule has 32 heavy (non-hydrogen) atoms. The predicted molar refractivity (Wildman–Crippen MR) is 113 cm³/mol. The van der Waals surface area contributed by atoms with Crippen molar-refractivity contribution in [1.29, 1.82) is 0 Å². The Labute approximate surface area is 181 Å². The third-order valence-corrected chi connectivity index (χ3v) is 4.94. The summed E-state index contributed by atoms with van der Waals surface area (Å²) in [6, 6.07) is 16.3. The monoisotopic (exact) mass is 432 g/mol. The van der Waals surface area contributed by atoms with Gasteiger partial charge in [0.05, 0.1) is 34.4 Å². The molecule has 3 aromatic carbocycles. The van der Waals surface area contributed by atoms with Crippen LogP contribution in [0.4, 0.5) is 11.4 Å². The average Bonchev–Trinajstić information content (AvgIpc) is 3.07. The molecule has 9 nitrogen and oxygen atoms in total. The van der Waals surface area contributed by atoms with Gasteiger partial charge in [-0.05, 0) is 48.0 Å². The summed E-state index contributed by atoms with van der Waals surface area (Å²) in [4.78, 5) is 49.4. The first kappa shape index (κ1) is 20.7. The van der Waals surface area contributed by atoms with Gasteiger partial charge in [-0.15, -0.1) is 0 Å². The van der Waals surface area contributed by atoms with Gasteiger partial charge in [-0.1, -0.05) is 12.1 Å². The zero-order valence-corrected chi connectivity index (χ0v) is 16.8. The van der Waals surface area contributed by atoms with Crippen LogP contribution in [0.1, 0.15) is 36.6 Å². The van der Waals surface area contributed by atoms with E-state index >= 15 is 0 Å². The zero-order chi connectivity index (χ0) is 22.8. The Hall–Kier alpha value is -4.53. The molecule has 9 heteroatoms. The first-order chi connectivity index (χ1) is 15.4. The summed E-state index contributed by atoms with van der Waals surface area (Å²) in [6.45, 7) is -0.178. The Morgan fingerprint density at radius 1 is 0.969 bits per heavy atom. The van der Waals surface area contributed by atoms with E-state index in [4.69, 9.17) is 9.47 Å². The number of nitro groups is 1. The molecule has 0 aliphatic carbocycles. The molecule has 0 atom stereocenters. The standard InChI is InChI=1S/C23H16N2O7/c1-31-18-8-6-16(7-9-18)24-21(26)19-10-5-15(12-20(19)22(24)27)23(28)32-13-14-3-2-4-17(11-14)25(29)30/h2-12H,13H2,1H3. The maximum atomic E-state index is 12.9. The number of carbonyl (C=O) groups excluding carboxylic acids is 3. The van der Waals surface area contributed by atoms with Crippen molar-refractivity contribution < 1.29 is 28.8 Å². The van der Waals surface area contributed by atoms with E-state index in [0.29, 0.717) is 17.0 Å². The molecule has 2 amide bonds. The highest BCUT2D eigenvalue weighted by atomic mass is 16.6. The molecule has 1 aliphatic rings. The zero-order valence-electron chi connectivity index (χ0n) is 16.8. The minimum absolute atomic E-state index is 0.0897. The lowest BCUT2D eigenvalue weighted by Crippen LogP contribution is -2.29. The molecule has 0 N–H and O–H groups in total. The number of esters is 1. The van der Waals surface area contributed by atoms with E-state index in [2.05, 4.69) is 0 Å². The van der Waals surface area contributed by atoms with Gasteiger partial charge in [-0.2, -0.15) is 0 Å². The van der Waals surface area contributed by atoms with Crippen LogP contribution in [0.25, 0.3) is 0 Å². The number of ether oxygens (including phenoxy) is 2. The molecule has 0 aromatic heterocycles. The number of nitrogens with zero attached hydrogens (tertiary/aromatic N) is 2. The van der Waals surface area contributed by atoms with Gasteiger partial charge in [-0.25, -0.2) is 9.69 Å². The highest BCUT2D eigenvalue weighted by molar-refractivity contribution is 6.34. The predicted octanol–water partition coefficient (Wildman–Crippen LogP) is 3.76. The van der Waals surface area contributed by atoms with E-state index in [1.54, 1.807) is 30.3 Å². The van der Waals surface area contributed by atoms with Crippen LogP contribution in [-0.2, 0) is 11.3 Å². The number of non-ortho nitro benzene ring substituents is 1. The van der Waals surface area contributed by atoms with Gasteiger partial charge >= 0.3 is 5.97 Å². The summed E-state index contributed by atoms with van der Waals surface area (Å²) in [5.74, 6) is -1.18. The summed E-state index contributed by atoms with van der Waals surface area (Å²) in [5, 5.41) is 10.9. The highest BCUT2D eigenvalue weighted by Gasteiger charge is 2.37. The molecule has 0 saturated carbocycles. The van der Waals surface area contributed by atoms with Gasteiger partial charge in [0.1, 0.15) is 12.4 Å². The van der Waals surface area contributed by atoms with Crippen molar-refractivity contribution in [1.82, 2.24) is 0 Å². The molecule has 0 bridgehead atoms. The fourth-order valence-corrected chi connectivity index (χ4v) is 3.33. The van der Waals surface area contributed by atoms with Crippen molar-refractivity contribution in [3.05, 3.63) is 99.1 Å². The smallest absolute Gasteiger partial charge is 0.338 e. The first-order valence-corrected chi connectivity index (χ1v) is 9.46. The minimum atomic E-state index is -0.720. The van der Waals surface area contributed by atoms with Crippen LogP contribution in [0.2, 0.25) is 0 Å². The number of hydrogen-bond donors (Lipinski definition) is 0. The molecule has 0 radical (unpaired) electrons. The minimum Gasteiger partial charge on any atom is -0.497 e. The largest absolute Gasteiger partial charge is 0.497 e. The number of benzene rings is 3. The summed E-state index contributed by atoms with van der Waals surface area (Å²) >= 11 is 0. The Bertz CT molecular complexity index is 1250. The molecule has 0 fully saturated rings. The Balaban J connectivity index is 1.52. The number of hydrogen-bond acceptors (Lipinski definition) is 7. The van der Waals surface area contributed by atoms with Crippen LogP contribution in [0, 0.1) is 10.1 Å². The molecule has 160 valence electrons. The van der Waals surface area contributed by atoms with Crippen LogP contribution in [0.15, 0.2) is 66.7 Å². The average molecular weight is 432 g/mol. The molecule has 1 heterocycles. The van der Waals surface area contributed by atoms with Crippen LogP contribution in [0.3, 0.4) is 0 Å². The van der Waals surface area contributed by atoms with Gasteiger partial charge in [0, 0.05) is 12.1 Å². The van der Waals surface area contributed by atoms with Crippen LogP contribution in [0.5, 0.6) is 5.75 Å². The van der Waals surface area contributed by atoms with Gasteiger partial charge < -0.3 is 9.47 Å². The molecular weight excluding hydrogens is 416 g/mol. The van der Waals surface area contributed by atoms with Gasteiger partial charge in [0.25, 0.3) is 17.5 Å². The summed E-state index contributed by atoms with van der Waals surface area (Å²) in [7, 11) is 1.51. The molecule has 0 saturated heterocycles. The van der Waals surface area contributed by atoms with Gasteiger partial charge in [0.15, 0.2) is 0 Å². The Morgan fingerprint density at radius 3 is 2.38 bits per heavy atom. The lowest BCUT2D eigenvalue weighted by molar-refractivity contribution is -0.384. The van der Waals surface area contributed by atoms with E-state index < -0.39 is 22.7 Å². The topological polar surface area (TPSA) is 116 Å². The summed E-state index contributed by atoms with van der Waals surface area (Å²) in [5.41, 5.74) is 1.08. The van der Waals surface area contributed by atoms with Crippen LogP contribution < -0.4 is 9.64 Å². The SMILES string of the molecule is COc1ccc(N2C(=O)c3ccc(C(=O)OCc4cccc([N+](=O)[O-])c4)cc3C2=O)cc1. The first-order valence-electron chi connectivity index (χ1n) is 9.46. The quantitative estimate of drug-likeness (QED) is 0.252. The fraction of sp³-hybridized carbons (Fsp3) is 0.0870. The third kappa shape index (κ3) is 3.79. The number of fused-ring (bicyclic) bond motifs is 1. The van der Waals surface area contributed by atoms with E-state index in [-0.39, 0.29) is 29.0 Å². The number of amides is 2. The molecule has 1 aliphatic heterocycles. The number of anilines is 1. The Kier molecular flexibility index (Phi) is 5.38. The van der Waals surface area contributed by atoms with Gasteiger partial charge in [0.2, 0.25) is 0 Å². The van der Waals surface area contributed by atoms with E-state index in [9.17, 15) is 24.5 Å². The maximum Gasteiger partial charge on any atom is 0.338 e. The van der Waals surface area contributed by atoms with Crippen molar-refractivity contribution in [3.8, 4) is 5.75 Å². The Morgan fingerprint density at radius 2 is 1.69 bits per heavy atom. The second-order valence-electron chi connectivity index (χ2n) is 6.91. The highest BCUT2D eigenvalue weighted by Crippen LogP contribution is 2.30. The van der Waals surface area contributed by atoms with Crippen molar-refractivity contribution in [2.45, 2.75) is 6.61 Å². The number of nitro benzene ring substituents is 1. The van der Waals surface area contributed by atoms with Crippen molar-refractivity contribution in [3.63, 3.8) is 0 Å². The summed E-state index contributed by atoms with van der Waals surface area (Å²) < 4.78 is 10.3. The van der Waals surface area contributed by atoms with E-state index in [1.807, 2.05) is 0 Å². The van der Waals surface area contributed by atoms with Crippen molar-refractivity contribution in [2.24, 2.45) is 0 Å². The van der Waals surface area contributed by atoms with Crippen molar-refractivity contribution in [2.75, 3.05) is 12.0 Å². The maximum absolute atomic E-state index is 12.9. The van der Waals surface area contributed by atoms with Crippen LogP contribution in [-0.4, -0.2) is 29.8 Å². The van der Waals surface area contributed by atoms with Gasteiger partial charge in [-0.3, -0.25) is 19.7 Å². The number of carbonyl (C=O) groups is 3. The molecule has 4 rings (SSSR count). The molecule has 3 aromatic rings. The number of methoxy groups -OCH3 is 1. The molecule has 0 unspecified atom stereocenters. The van der Waals surface area contributed by atoms with E-state index in [1.165, 1.54) is 43.5 Å². The number of rotatable bonds is 6. The normalized spacial score (nSPS) is 12.5. The van der Waals surface area contributed by atoms with Crippen molar-refractivity contribution >= 4 is 29.2 Å². The van der Waals surface area contributed by atoms with E-state index in [0.717, 1.165) is 4.90 Å². The third-order valence-electron chi connectivity index (χ3n) is 4.94. The van der Waals surface area contributed by atoms with Crippen LogP contribution >= 0.6 is 0 Å². The lowest BCUT2D eigenvalue weighted by Gasteiger charge is -2.14. The molecular formula is C23H16N2O7. The summed E-state index contributed by atoms with van der Waals surface area (Å²) in [6.07, 6.45) is 0. The number of imide groups is 1. The second-order valence-corrected chi connectivity index (χ2v) is 6.91.